The maximum Gasteiger partial charge on any atom is 0.328 e. The summed E-state index contributed by atoms with van der Waals surface area (Å²) in [5.74, 6) is -4.50. The van der Waals surface area contributed by atoms with Crippen LogP contribution in [0.4, 0.5) is 0 Å². The molecule has 12 nitrogen and oxygen atoms in total. The van der Waals surface area contributed by atoms with Crippen molar-refractivity contribution in [2.45, 2.75) is 50.2 Å². The van der Waals surface area contributed by atoms with E-state index in [0.717, 1.165) is 6.92 Å². The molecule has 13 heteroatoms. The molecule has 9 N–H and O–H groups in total. The number of aliphatic hydroxyl groups is 3. The van der Waals surface area contributed by atoms with E-state index in [0.29, 0.717) is 0 Å². The molecule has 0 aliphatic heterocycles. The van der Waals surface area contributed by atoms with E-state index >= 15 is 0 Å². The van der Waals surface area contributed by atoms with Gasteiger partial charge >= 0.3 is 5.97 Å². The summed E-state index contributed by atoms with van der Waals surface area (Å²) in [6.07, 6.45) is -2.59. The number of aliphatic hydroxyl groups excluding tert-OH is 3. The van der Waals surface area contributed by atoms with Crippen molar-refractivity contribution in [3.8, 4) is 0 Å². The van der Waals surface area contributed by atoms with Crippen molar-refractivity contribution < 1.29 is 39.6 Å². The Morgan fingerprint density at radius 2 is 1.41 bits per heavy atom. The van der Waals surface area contributed by atoms with Crippen LogP contribution >= 0.6 is 12.6 Å². The third-order valence-electron chi connectivity index (χ3n) is 3.50. The topological polar surface area (TPSA) is 211 Å². The van der Waals surface area contributed by atoms with Crippen molar-refractivity contribution in [3.63, 3.8) is 0 Å². The van der Waals surface area contributed by atoms with E-state index in [4.69, 9.17) is 10.8 Å². The molecule has 0 saturated heterocycles. The van der Waals surface area contributed by atoms with Crippen LogP contribution in [0, 0.1) is 0 Å². The van der Waals surface area contributed by atoms with Gasteiger partial charge in [-0.15, -0.1) is 0 Å². The summed E-state index contributed by atoms with van der Waals surface area (Å²) in [6, 6.07) is -5.71. The lowest BCUT2D eigenvalue weighted by molar-refractivity contribution is -0.145. The summed E-state index contributed by atoms with van der Waals surface area (Å²) >= 11 is 3.89. The molecular weight excluding hydrogens is 384 g/mol. The van der Waals surface area contributed by atoms with Crippen molar-refractivity contribution in [1.82, 2.24) is 16.0 Å². The van der Waals surface area contributed by atoms with Crippen LogP contribution in [0.1, 0.15) is 13.8 Å². The fourth-order valence-corrected chi connectivity index (χ4v) is 2.05. The Morgan fingerprint density at radius 1 is 0.926 bits per heavy atom. The summed E-state index contributed by atoms with van der Waals surface area (Å²) in [7, 11) is 0. The largest absolute Gasteiger partial charge is 0.480 e. The normalized spacial score (nSPS) is 17.6. The zero-order valence-corrected chi connectivity index (χ0v) is 15.7. The van der Waals surface area contributed by atoms with Gasteiger partial charge in [0.1, 0.15) is 18.1 Å². The maximum absolute atomic E-state index is 12.2. The summed E-state index contributed by atoms with van der Waals surface area (Å²) < 4.78 is 0. The number of aliphatic carboxylic acids is 1. The molecule has 0 spiro atoms. The molecule has 0 fully saturated rings. The first-order valence-electron chi connectivity index (χ1n) is 7.93. The van der Waals surface area contributed by atoms with Gasteiger partial charge < -0.3 is 42.1 Å². The maximum atomic E-state index is 12.2. The van der Waals surface area contributed by atoms with Crippen LogP contribution in [0.5, 0.6) is 0 Å². The Bertz CT molecular complexity index is 545. The van der Waals surface area contributed by atoms with E-state index in [9.17, 15) is 34.5 Å². The molecule has 6 unspecified atom stereocenters. The summed E-state index contributed by atoms with van der Waals surface area (Å²) in [6.45, 7) is 1.60. The second-order valence-corrected chi connectivity index (χ2v) is 6.18. The standard InChI is InChI=1S/C14H26N4O8S/c1-5(20)9(15)13(24)16-7(3-19)11(22)17-8(4-27)12(23)18-10(6(2)21)14(25)26/h5-10,19-21,27H,3-4,15H2,1-2H3,(H,16,24)(H,17,22)(H,18,23)(H,25,26). The first kappa shape index (κ1) is 25.1. The van der Waals surface area contributed by atoms with Crippen LogP contribution in [-0.4, -0.2) is 92.9 Å². The fraction of sp³-hybridized carbons (Fsp3) is 0.714. The minimum absolute atomic E-state index is 0.233. The van der Waals surface area contributed by atoms with Crippen molar-refractivity contribution in [1.29, 1.82) is 0 Å². The van der Waals surface area contributed by atoms with Gasteiger partial charge in [0.15, 0.2) is 6.04 Å². The van der Waals surface area contributed by atoms with E-state index in [1.54, 1.807) is 0 Å². The molecular formula is C14H26N4O8S. The molecule has 156 valence electrons. The highest BCUT2D eigenvalue weighted by molar-refractivity contribution is 7.80. The Hall–Kier alpha value is -1.93. The monoisotopic (exact) mass is 410 g/mol. The minimum Gasteiger partial charge on any atom is -0.480 e. The number of amides is 3. The zero-order chi connectivity index (χ0) is 21.3. The van der Waals surface area contributed by atoms with Crippen LogP contribution < -0.4 is 21.7 Å². The summed E-state index contributed by atoms with van der Waals surface area (Å²) in [5, 5.41) is 43.2. The van der Waals surface area contributed by atoms with Gasteiger partial charge in [0.05, 0.1) is 18.8 Å². The molecule has 0 bridgehead atoms. The number of carboxylic acid groups (broad SMARTS) is 1. The molecule has 0 aliphatic carbocycles. The van der Waals surface area contributed by atoms with E-state index in [1.807, 2.05) is 5.32 Å². The number of hydrogen-bond donors (Lipinski definition) is 9. The van der Waals surface area contributed by atoms with Gasteiger partial charge in [-0.3, -0.25) is 14.4 Å². The number of hydrogen-bond acceptors (Lipinski definition) is 9. The van der Waals surface area contributed by atoms with Gasteiger partial charge in [0, 0.05) is 5.75 Å². The molecule has 6 atom stereocenters. The number of carbonyl (C=O) groups is 4. The smallest absolute Gasteiger partial charge is 0.328 e. The van der Waals surface area contributed by atoms with E-state index < -0.39 is 66.7 Å². The molecule has 0 aromatic heterocycles. The van der Waals surface area contributed by atoms with Crippen molar-refractivity contribution >= 4 is 36.3 Å². The number of nitrogens with two attached hydrogens (primary N) is 1. The lowest BCUT2D eigenvalue weighted by atomic mass is 10.1. The quantitative estimate of drug-likeness (QED) is 0.150. The van der Waals surface area contributed by atoms with Crippen molar-refractivity contribution in [2.75, 3.05) is 12.4 Å². The second kappa shape index (κ2) is 11.7. The zero-order valence-electron chi connectivity index (χ0n) is 14.8. The highest BCUT2D eigenvalue weighted by Crippen LogP contribution is 1.98. The van der Waals surface area contributed by atoms with Crippen LogP contribution in [0.3, 0.4) is 0 Å². The van der Waals surface area contributed by atoms with Crippen LogP contribution in [0.15, 0.2) is 0 Å². The molecule has 0 radical (unpaired) electrons. The Morgan fingerprint density at radius 3 is 1.78 bits per heavy atom. The highest BCUT2D eigenvalue weighted by atomic mass is 32.1. The van der Waals surface area contributed by atoms with E-state index in [1.165, 1.54) is 6.92 Å². The SMILES string of the molecule is CC(O)C(N)C(=O)NC(CO)C(=O)NC(CS)C(=O)NC(C(=O)O)C(C)O. The minimum atomic E-state index is -1.60. The number of rotatable bonds is 11. The van der Waals surface area contributed by atoms with Gasteiger partial charge in [-0.1, -0.05) is 0 Å². The Kier molecular flexibility index (Phi) is 10.9. The summed E-state index contributed by atoms with van der Waals surface area (Å²) in [5.41, 5.74) is 5.42. The third-order valence-corrected chi connectivity index (χ3v) is 3.86. The second-order valence-electron chi connectivity index (χ2n) is 5.82. The van der Waals surface area contributed by atoms with Gasteiger partial charge in [0.25, 0.3) is 0 Å². The Labute approximate surface area is 160 Å². The number of thiol groups is 1. The first-order chi connectivity index (χ1) is 12.5. The summed E-state index contributed by atoms with van der Waals surface area (Å²) in [4.78, 5) is 47.0. The molecule has 27 heavy (non-hydrogen) atoms. The molecule has 0 saturated carbocycles. The molecule has 0 aromatic rings. The van der Waals surface area contributed by atoms with Gasteiger partial charge in [-0.05, 0) is 13.8 Å². The lowest BCUT2D eigenvalue weighted by Crippen LogP contribution is -2.60. The highest BCUT2D eigenvalue weighted by Gasteiger charge is 2.31. The Balaban J connectivity index is 5.00. The van der Waals surface area contributed by atoms with Crippen LogP contribution in [0.25, 0.3) is 0 Å². The predicted molar refractivity (Wildman–Crippen MR) is 95.7 cm³/mol. The molecule has 0 aromatic carbocycles. The average Bonchev–Trinajstić information content (AvgIpc) is 2.59. The lowest BCUT2D eigenvalue weighted by Gasteiger charge is -2.24. The van der Waals surface area contributed by atoms with Gasteiger partial charge in [0.2, 0.25) is 17.7 Å². The van der Waals surface area contributed by atoms with E-state index in [-0.39, 0.29) is 5.75 Å². The predicted octanol–water partition coefficient (Wildman–Crippen LogP) is -4.46. The number of carbonyl (C=O) groups excluding carboxylic acids is 3. The van der Waals surface area contributed by atoms with E-state index in [2.05, 4.69) is 23.3 Å². The average molecular weight is 410 g/mol. The number of nitrogens with one attached hydrogen (secondary N) is 3. The van der Waals surface area contributed by atoms with Crippen molar-refractivity contribution in [3.05, 3.63) is 0 Å². The molecule has 0 heterocycles. The van der Waals surface area contributed by atoms with Crippen LogP contribution in [-0.2, 0) is 19.2 Å². The first-order valence-corrected chi connectivity index (χ1v) is 8.56. The van der Waals surface area contributed by atoms with Gasteiger partial charge in [-0.25, -0.2) is 4.79 Å². The molecule has 0 rings (SSSR count). The fourth-order valence-electron chi connectivity index (χ4n) is 1.79. The molecule has 3 amide bonds. The molecule has 0 aliphatic rings. The third kappa shape index (κ3) is 8.09. The number of carboxylic acids is 1. The van der Waals surface area contributed by atoms with Crippen LogP contribution in [0.2, 0.25) is 0 Å². The van der Waals surface area contributed by atoms with Gasteiger partial charge in [-0.2, -0.15) is 12.6 Å². The van der Waals surface area contributed by atoms with Crippen molar-refractivity contribution in [2.24, 2.45) is 5.73 Å².